The van der Waals surface area contributed by atoms with Crippen LogP contribution in [0.5, 0.6) is 0 Å². The first-order valence-electron chi connectivity index (χ1n) is 6.04. The van der Waals surface area contributed by atoms with E-state index in [4.69, 9.17) is 10.9 Å². The first kappa shape index (κ1) is 15.1. The number of sulfonamides is 1. The lowest BCUT2D eigenvalue weighted by Gasteiger charge is -2.14. The van der Waals surface area contributed by atoms with Gasteiger partial charge in [-0.1, -0.05) is 0 Å². The van der Waals surface area contributed by atoms with Gasteiger partial charge >= 0.3 is 0 Å². The van der Waals surface area contributed by atoms with Crippen molar-refractivity contribution in [1.82, 2.24) is 0 Å². The second-order valence-electron chi connectivity index (χ2n) is 4.95. The van der Waals surface area contributed by atoms with Crippen LogP contribution in [-0.4, -0.2) is 34.9 Å². The average molecular weight is 319 g/mol. The Bertz CT molecular complexity index is 713. The van der Waals surface area contributed by atoms with Crippen molar-refractivity contribution in [2.45, 2.75) is 11.3 Å². The summed E-state index contributed by atoms with van der Waals surface area (Å²) < 4.78 is 45.7. The molecule has 2 rings (SSSR count). The van der Waals surface area contributed by atoms with E-state index in [1.54, 1.807) is 6.07 Å². The molecule has 0 spiro atoms. The standard InChI is InChI=1S/C11H17N3O4S2/c12-9-1-2-10(11(5-9)20(13,17)18)14-6-8-3-4-19(15,16)7-8/h1-2,5,8,14H,3-4,6-7,12H2,(H2,13,17,18). The summed E-state index contributed by atoms with van der Waals surface area (Å²) >= 11 is 0. The van der Waals surface area contributed by atoms with Crippen molar-refractivity contribution in [2.75, 3.05) is 29.1 Å². The number of nitrogens with one attached hydrogen (secondary N) is 1. The van der Waals surface area contributed by atoms with Gasteiger partial charge in [0.15, 0.2) is 9.84 Å². The number of anilines is 2. The minimum absolute atomic E-state index is 0.0223. The van der Waals surface area contributed by atoms with E-state index in [0.717, 1.165) is 0 Å². The molecule has 0 radical (unpaired) electrons. The van der Waals surface area contributed by atoms with E-state index in [2.05, 4.69) is 5.32 Å². The lowest BCUT2D eigenvalue weighted by molar-refractivity contribution is 0.592. The molecule has 9 heteroatoms. The van der Waals surface area contributed by atoms with Gasteiger partial charge in [0.2, 0.25) is 10.0 Å². The third-order valence-corrected chi connectivity index (χ3v) is 6.01. The third-order valence-electron chi connectivity index (χ3n) is 3.22. The Hall–Kier alpha value is -1.32. The molecule has 0 amide bonds. The molecular weight excluding hydrogens is 302 g/mol. The van der Waals surface area contributed by atoms with Gasteiger partial charge in [0.25, 0.3) is 0 Å². The molecule has 1 saturated heterocycles. The maximum atomic E-state index is 11.5. The zero-order chi connectivity index (χ0) is 15.0. The van der Waals surface area contributed by atoms with Crippen LogP contribution in [0.15, 0.2) is 23.1 Å². The number of rotatable bonds is 4. The molecule has 0 saturated carbocycles. The first-order chi connectivity index (χ1) is 9.17. The summed E-state index contributed by atoms with van der Waals surface area (Å²) in [5, 5.41) is 8.08. The highest BCUT2D eigenvalue weighted by Crippen LogP contribution is 2.25. The quantitative estimate of drug-likeness (QED) is 0.656. The Morgan fingerprint density at radius 2 is 2.05 bits per heavy atom. The van der Waals surface area contributed by atoms with Crippen LogP contribution in [0.4, 0.5) is 11.4 Å². The molecule has 0 aromatic heterocycles. The average Bonchev–Trinajstić information content (AvgIpc) is 2.66. The van der Waals surface area contributed by atoms with Crippen molar-refractivity contribution in [3.63, 3.8) is 0 Å². The zero-order valence-electron chi connectivity index (χ0n) is 10.7. The third kappa shape index (κ3) is 3.62. The molecule has 1 fully saturated rings. The number of sulfone groups is 1. The number of nitrogens with two attached hydrogens (primary N) is 2. The van der Waals surface area contributed by atoms with Crippen molar-refractivity contribution >= 4 is 31.2 Å². The Balaban J connectivity index is 2.15. The van der Waals surface area contributed by atoms with Gasteiger partial charge in [-0.2, -0.15) is 0 Å². The second kappa shape index (κ2) is 5.23. The summed E-state index contributed by atoms with van der Waals surface area (Å²) in [4.78, 5) is -0.0849. The molecule has 1 aromatic carbocycles. The largest absolute Gasteiger partial charge is 0.399 e. The lowest BCUT2D eigenvalue weighted by atomic mass is 10.1. The molecule has 0 bridgehead atoms. The van der Waals surface area contributed by atoms with Crippen molar-refractivity contribution in [2.24, 2.45) is 11.1 Å². The Morgan fingerprint density at radius 1 is 1.35 bits per heavy atom. The van der Waals surface area contributed by atoms with Gasteiger partial charge in [-0.05, 0) is 30.5 Å². The van der Waals surface area contributed by atoms with E-state index in [-0.39, 0.29) is 22.3 Å². The summed E-state index contributed by atoms with van der Waals surface area (Å²) in [5.41, 5.74) is 6.18. The maximum Gasteiger partial charge on any atom is 0.240 e. The highest BCUT2D eigenvalue weighted by Gasteiger charge is 2.27. The molecule has 1 aliphatic rings. The minimum atomic E-state index is -3.89. The number of benzene rings is 1. The van der Waals surface area contributed by atoms with E-state index in [0.29, 0.717) is 24.3 Å². The normalized spacial score (nSPS) is 21.8. The Morgan fingerprint density at radius 3 is 2.60 bits per heavy atom. The fourth-order valence-electron chi connectivity index (χ4n) is 2.21. The summed E-state index contributed by atoms with van der Waals surface area (Å²) in [6.07, 6.45) is 0.578. The van der Waals surface area contributed by atoms with E-state index in [1.807, 2.05) is 0 Å². The van der Waals surface area contributed by atoms with Crippen LogP contribution in [0.3, 0.4) is 0 Å². The van der Waals surface area contributed by atoms with E-state index in [9.17, 15) is 16.8 Å². The number of hydrogen-bond acceptors (Lipinski definition) is 6. The SMILES string of the molecule is Nc1ccc(NCC2CCS(=O)(=O)C2)c(S(N)(=O)=O)c1. The molecule has 112 valence electrons. The van der Waals surface area contributed by atoms with Gasteiger partial charge in [-0.25, -0.2) is 22.0 Å². The van der Waals surface area contributed by atoms with Crippen LogP contribution in [-0.2, 0) is 19.9 Å². The zero-order valence-corrected chi connectivity index (χ0v) is 12.4. The van der Waals surface area contributed by atoms with E-state index >= 15 is 0 Å². The van der Waals surface area contributed by atoms with Crippen LogP contribution in [0.1, 0.15) is 6.42 Å². The topological polar surface area (TPSA) is 132 Å². The summed E-state index contributed by atoms with van der Waals surface area (Å²) in [7, 11) is -6.83. The molecule has 1 atom stereocenters. The first-order valence-corrected chi connectivity index (χ1v) is 9.41. The predicted molar refractivity (Wildman–Crippen MR) is 77.5 cm³/mol. The molecule has 1 heterocycles. The fourth-order valence-corrected chi connectivity index (χ4v) is 4.82. The predicted octanol–water partition coefficient (Wildman–Crippen LogP) is -0.237. The number of primary sulfonamides is 1. The highest BCUT2D eigenvalue weighted by atomic mass is 32.2. The van der Waals surface area contributed by atoms with Gasteiger partial charge in [0.1, 0.15) is 4.90 Å². The summed E-state index contributed by atoms with van der Waals surface area (Å²) in [6.45, 7) is 0.381. The van der Waals surface area contributed by atoms with Crippen LogP contribution in [0.2, 0.25) is 0 Å². The van der Waals surface area contributed by atoms with Gasteiger partial charge in [0.05, 0.1) is 17.2 Å². The Labute approximate surface area is 118 Å². The second-order valence-corrected chi connectivity index (χ2v) is 8.71. The van der Waals surface area contributed by atoms with Gasteiger partial charge < -0.3 is 11.1 Å². The van der Waals surface area contributed by atoms with Crippen LogP contribution in [0.25, 0.3) is 0 Å². The molecule has 1 aromatic rings. The van der Waals surface area contributed by atoms with Crippen molar-refractivity contribution in [3.05, 3.63) is 18.2 Å². The van der Waals surface area contributed by atoms with Crippen LogP contribution >= 0.6 is 0 Å². The van der Waals surface area contributed by atoms with Crippen LogP contribution in [0, 0.1) is 5.92 Å². The monoisotopic (exact) mass is 319 g/mol. The molecule has 0 aliphatic carbocycles. The number of nitrogen functional groups attached to an aromatic ring is 1. The minimum Gasteiger partial charge on any atom is -0.399 e. The number of hydrogen-bond donors (Lipinski definition) is 3. The van der Waals surface area contributed by atoms with E-state index in [1.165, 1.54) is 12.1 Å². The highest BCUT2D eigenvalue weighted by molar-refractivity contribution is 7.91. The molecule has 1 aliphatic heterocycles. The lowest BCUT2D eigenvalue weighted by Crippen LogP contribution is -2.19. The fraction of sp³-hybridized carbons (Fsp3) is 0.455. The van der Waals surface area contributed by atoms with Gasteiger partial charge in [0, 0.05) is 12.2 Å². The van der Waals surface area contributed by atoms with Crippen molar-refractivity contribution < 1.29 is 16.8 Å². The molecule has 5 N–H and O–H groups in total. The Kier molecular flexibility index (Phi) is 3.94. The smallest absolute Gasteiger partial charge is 0.240 e. The summed E-state index contributed by atoms with van der Waals surface area (Å²) in [5.74, 6) is 0.286. The van der Waals surface area contributed by atoms with Gasteiger partial charge in [-0.15, -0.1) is 0 Å². The van der Waals surface area contributed by atoms with Crippen molar-refractivity contribution in [1.29, 1.82) is 0 Å². The van der Waals surface area contributed by atoms with Crippen molar-refractivity contribution in [3.8, 4) is 0 Å². The van der Waals surface area contributed by atoms with E-state index < -0.39 is 19.9 Å². The molecule has 20 heavy (non-hydrogen) atoms. The summed E-state index contributed by atoms with van der Waals surface area (Å²) in [6, 6.07) is 4.37. The molecule has 7 nitrogen and oxygen atoms in total. The van der Waals surface area contributed by atoms with Gasteiger partial charge in [-0.3, -0.25) is 0 Å². The molecular formula is C11H17N3O4S2. The van der Waals surface area contributed by atoms with Crippen LogP contribution < -0.4 is 16.2 Å². The maximum absolute atomic E-state index is 11.5. The molecule has 1 unspecified atom stereocenters.